The Hall–Kier alpha value is -4.51. The van der Waals surface area contributed by atoms with Crippen molar-refractivity contribution in [3.8, 4) is 34.7 Å². The van der Waals surface area contributed by atoms with Crippen LogP contribution in [0, 0.1) is 11.3 Å². The maximum absolute atomic E-state index is 11.9. The molecule has 176 valence electrons. The van der Waals surface area contributed by atoms with E-state index in [2.05, 4.69) is 27.8 Å². The molecular formula is C27H24N4O4. The third-order valence-corrected chi connectivity index (χ3v) is 5.12. The van der Waals surface area contributed by atoms with Gasteiger partial charge in [-0.05, 0) is 50.4 Å². The number of aryl methyl sites for hydroxylation is 1. The minimum Gasteiger partial charge on any atom is -0.490 e. The van der Waals surface area contributed by atoms with Crippen molar-refractivity contribution in [2.24, 2.45) is 0 Å². The van der Waals surface area contributed by atoms with Crippen LogP contribution in [-0.4, -0.2) is 27.2 Å². The molecule has 2 aromatic heterocycles. The van der Waals surface area contributed by atoms with Gasteiger partial charge in [-0.15, -0.1) is 0 Å². The molecule has 0 radical (unpaired) electrons. The Bertz CT molecular complexity index is 1450. The molecule has 0 amide bonds. The highest BCUT2D eigenvalue weighted by Crippen LogP contribution is 2.31. The van der Waals surface area contributed by atoms with Crippen molar-refractivity contribution in [2.75, 3.05) is 0 Å². The first-order valence-corrected chi connectivity index (χ1v) is 11.1. The van der Waals surface area contributed by atoms with Crippen LogP contribution in [0.4, 0.5) is 0 Å². The van der Waals surface area contributed by atoms with Crippen molar-refractivity contribution in [3.63, 3.8) is 0 Å². The number of nitriles is 1. The average molecular weight is 469 g/mol. The Morgan fingerprint density at radius 1 is 1.20 bits per heavy atom. The normalized spacial score (nSPS) is 10.8. The summed E-state index contributed by atoms with van der Waals surface area (Å²) in [4.78, 5) is 21.0. The first kappa shape index (κ1) is 23.6. The summed E-state index contributed by atoms with van der Waals surface area (Å²) in [5.74, 6) is 1.22. The first-order valence-electron chi connectivity index (χ1n) is 11.1. The number of pyridine rings is 1. The lowest BCUT2D eigenvalue weighted by molar-refractivity contribution is -0.139. The number of carbonyl (C=O) groups is 1. The fourth-order valence-electron chi connectivity index (χ4n) is 3.68. The fraction of sp³-hybridized carbons (Fsp3) is 0.222. The van der Waals surface area contributed by atoms with Gasteiger partial charge in [0.1, 0.15) is 11.8 Å². The van der Waals surface area contributed by atoms with Gasteiger partial charge < -0.3 is 14.0 Å². The summed E-state index contributed by atoms with van der Waals surface area (Å²) >= 11 is 0. The van der Waals surface area contributed by atoms with E-state index in [0.29, 0.717) is 40.8 Å². The van der Waals surface area contributed by atoms with Crippen LogP contribution in [0.5, 0.6) is 5.75 Å². The summed E-state index contributed by atoms with van der Waals surface area (Å²) in [7, 11) is 0. The first-order chi connectivity index (χ1) is 16.9. The molecule has 2 aromatic carbocycles. The molecule has 0 saturated carbocycles. The van der Waals surface area contributed by atoms with E-state index >= 15 is 0 Å². The van der Waals surface area contributed by atoms with Gasteiger partial charge in [-0.1, -0.05) is 29.9 Å². The number of rotatable bonds is 8. The summed E-state index contributed by atoms with van der Waals surface area (Å²) in [6.07, 6.45) is 2.25. The topological polar surface area (TPSA) is 111 Å². The van der Waals surface area contributed by atoms with Gasteiger partial charge in [-0.2, -0.15) is 10.2 Å². The van der Waals surface area contributed by atoms with E-state index in [1.54, 1.807) is 31.3 Å². The number of hydrogen-bond donors (Lipinski definition) is 0. The van der Waals surface area contributed by atoms with Gasteiger partial charge >= 0.3 is 5.97 Å². The summed E-state index contributed by atoms with van der Waals surface area (Å²) in [6.45, 7) is 9.03. The molecule has 0 atom stereocenters. The molecule has 35 heavy (non-hydrogen) atoms. The lowest BCUT2D eigenvalue weighted by Crippen LogP contribution is -2.06. The van der Waals surface area contributed by atoms with Crippen molar-refractivity contribution >= 4 is 16.7 Å². The van der Waals surface area contributed by atoms with Crippen LogP contribution in [0.3, 0.4) is 0 Å². The monoisotopic (exact) mass is 468 g/mol. The smallest absolute Gasteiger partial charge is 0.311 e. The Morgan fingerprint density at radius 2 is 2.03 bits per heavy atom. The van der Waals surface area contributed by atoms with Crippen molar-refractivity contribution in [3.05, 3.63) is 72.3 Å². The number of allylic oxidation sites excluding steroid dienone is 1. The average Bonchev–Trinajstić information content (AvgIpc) is 3.32. The van der Waals surface area contributed by atoms with Crippen molar-refractivity contribution in [1.82, 2.24) is 15.1 Å². The van der Waals surface area contributed by atoms with Crippen molar-refractivity contribution in [1.29, 1.82) is 5.26 Å². The Labute approximate surface area is 202 Å². The molecule has 4 rings (SSSR count). The van der Waals surface area contributed by atoms with Gasteiger partial charge in [0.25, 0.3) is 5.89 Å². The molecule has 0 N–H and O–H groups in total. The second kappa shape index (κ2) is 10.2. The summed E-state index contributed by atoms with van der Waals surface area (Å²) in [6, 6.07) is 14.9. The summed E-state index contributed by atoms with van der Waals surface area (Å²) in [5.41, 5.74) is 2.55. The van der Waals surface area contributed by atoms with Crippen LogP contribution in [-0.2, 0) is 16.0 Å². The van der Waals surface area contributed by atoms with E-state index in [1.165, 1.54) is 0 Å². The zero-order valence-corrected chi connectivity index (χ0v) is 19.7. The van der Waals surface area contributed by atoms with E-state index in [9.17, 15) is 10.1 Å². The molecule has 0 bridgehead atoms. The minimum absolute atomic E-state index is 0.0505. The van der Waals surface area contributed by atoms with E-state index < -0.39 is 0 Å². The summed E-state index contributed by atoms with van der Waals surface area (Å²) < 4.78 is 16.3. The van der Waals surface area contributed by atoms with Gasteiger partial charge in [-0.25, -0.2) is 0 Å². The molecule has 0 saturated heterocycles. The van der Waals surface area contributed by atoms with E-state index in [4.69, 9.17) is 14.0 Å². The SMILES string of the molecule is C=C(C)OC(=O)CCc1nccc2c(-c3noc(-c4ccc(OC(C)C)c(C#N)c4)n3)cccc12. The van der Waals surface area contributed by atoms with Crippen LogP contribution < -0.4 is 4.74 Å². The maximum atomic E-state index is 11.9. The number of esters is 1. The van der Waals surface area contributed by atoms with Gasteiger partial charge in [-0.3, -0.25) is 9.78 Å². The Kier molecular flexibility index (Phi) is 6.88. The number of fused-ring (bicyclic) bond motifs is 1. The molecule has 0 fully saturated rings. The second-order valence-electron chi connectivity index (χ2n) is 8.25. The van der Waals surface area contributed by atoms with Gasteiger partial charge in [0.2, 0.25) is 5.82 Å². The van der Waals surface area contributed by atoms with Crippen molar-refractivity contribution in [2.45, 2.75) is 39.7 Å². The molecule has 0 spiro atoms. The maximum Gasteiger partial charge on any atom is 0.311 e. The standard InChI is InChI=1S/C27H24N4O4/c1-16(2)33-24-10-8-18(14-19(24)15-28)27-30-26(31-35-27)22-7-5-6-21-20(22)12-13-29-23(21)9-11-25(32)34-17(3)4/h5-8,10,12-14,16H,3,9,11H2,1-2,4H3. The molecule has 8 nitrogen and oxygen atoms in total. The molecular weight excluding hydrogens is 444 g/mol. The van der Waals surface area contributed by atoms with Crippen molar-refractivity contribution < 1.29 is 18.8 Å². The lowest BCUT2D eigenvalue weighted by atomic mass is 10.0. The van der Waals surface area contributed by atoms with Crippen LogP contribution in [0.25, 0.3) is 33.6 Å². The third-order valence-electron chi connectivity index (χ3n) is 5.12. The van der Waals surface area contributed by atoms with E-state index in [1.807, 2.05) is 38.1 Å². The molecule has 0 aliphatic heterocycles. The Morgan fingerprint density at radius 3 is 2.77 bits per heavy atom. The zero-order valence-electron chi connectivity index (χ0n) is 19.7. The fourth-order valence-corrected chi connectivity index (χ4v) is 3.68. The number of aromatic nitrogens is 3. The molecule has 0 unspecified atom stereocenters. The molecule has 0 aliphatic rings. The van der Waals surface area contributed by atoms with E-state index in [-0.39, 0.29) is 18.5 Å². The summed E-state index contributed by atoms with van der Waals surface area (Å²) in [5, 5.41) is 15.5. The van der Waals surface area contributed by atoms with Crippen LogP contribution in [0.15, 0.2) is 65.5 Å². The van der Waals surface area contributed by atoms with Crippen LogP contribution in [0.1, 0.15) is 38.4 Å². The molecule has 8 heteroatoms. The largest absolute Gasteiger partial charge is 0.490 e. The lowest BCUT2D eigenvalue weighted by Gasteiger charge is -2.11. The van der Waals surface area contributed by atoms with Gasteiger partial charge in [0, 0.05) is 34.8 Å². The minimum atomic E-state index is -0.350. The molecule has 4 aromatic rings. The highest BCUT2D eigenvalue weighted by Gasteiger charge is 2.17. The quantitative estimate of drug-likeness (QED) is 0.242. The number of ether oxygens (including phenoxy) is 2. The second-order valence-corrected chi connectivity index (χ2v) is 8.25. The predicted octanol–water partition coefficient (Wildman–Crippen LogP) is 5.62. The third kappa shape index (κ3) is 5.36. The highest BCUT2D eigenvalue weighted by molar-refractivity contribution is 5.96. The van der Waals surface area contributed by atoms with Gasteiger partial charge in [0.05, 0.1) is 23.8 Å². The predicted molar refractivity (Wildman–Crippen MR) is 130 cm³/mol. The number of benzene rings is 2. The zero-order chi connectivity index (χ0) is 24.9. The number of nitrogens with zero attached hydrogens (tertiary/aromatic N) is 4. The number of carbonyl (C=O) groups excluding carboxylic acids is 1. The molecule has 0 aliphatic carbocycles. The number of hydrogen-bond acceptors (Lipinski definition) is 8. The molecule has 2 heterocycles. The van der Waals surface area contributed by atoms with Gasteiger partial charge in [0.15, 0.2) is 0 Å². The van der Waals surface area contributed by atoms with Crippen LogP contribution >= 0.6 is 0 Å². The highest BCUT2D eigenvalue weighted by atomic mass is 16.5. The van der Waals surface area contributed by atoms with E-state index in [0.717, 1.165) is 22.0 Å². The Balaban J connectivity index is 1.64. The van der Waals surface area contributed by atoms with Crippen LogP contribution in [0.2, 0.25) is 0 Å².